The summed E-state index contributed by atoms with van der Waals surface area (Å²) in [6.45, 7) is 9.02. The molecule has 0 aromatic heterocycles. The number of nitrogens with zero attached hydrogens (tertiary/aromatic N) is 2. The molecule has 7 nitrogen and oxygen atoms in total. The molecule has 1 N–H and O–H groups in total. The molecule has 1 aliphatic heterocycles. The molecule has 0 bridgehead atoms. The third kappa shape index (κ3) is 5.35. The van der Waals surface area contributed by atoms with Crippen LogP contribution in [0, 0.1) is 11.8 Å². The quantitative estimate of drug-likeness (QED) is 0.712. The van der Waals surface area contributed by atoms with E-state index in [1.807, 2.05) is 4.90 Å². The number of carbonyl (C=O) groups excluding carboxylic acids is 3. The Bertz CT molecular complexity index is 497. The summed E-state index contributed by atoms with van der Waals surface area (Å²) in [7, 11) is 0. The number of rotatable bonds is 8. The van der Waals surface area contributed by atoms with Crippen LogP contribution in [0.3, 0.4) is 0 Å². The average molecular weight is 367 g/mol. The second-order valence-electron chi connectivity index (χ2n) is 7.24. The summed E-state index contributed by atoms with van der Waals surface area (Å²) in [5.74, 6) is -0.202. The molecule has 1 saturated carbocycles. The van der Waals surface area contributed by atoms with Gasteiger partial charge in [-0.05, 0) is 39.0 Å². The van der Waals surface area contributed by atoms with Crippen molar-refractivity contribution in [3.63, 3.8) is 0 Å². The molecule has 0 radical (unpaired) electrons. The number of nitrogens with one attached hydrogen (secondary N) is 1. The summed E-state index contributed by atoms with van der Waals surface area (Å²) in [4.78, 5) is 40.3. The highest BCUT2D eigenvalue weighted by Crippen LogP contribution is 2.40. The smallest absolute Gasteiger partial charge is 0.409 e. The fourth-order valence-corrected chi connectivity index (χ4v) is 3.59. The molecule has 0 aromatic carbocycles. The van der Waals surface area contributed by atoms with Crippen molar-refractivity contribution < 1.29 is 19.1 Å². The highest BCUT2D eigenvalue weighted by atomic mass is 16.6. The van der Waals surface area contributed by atoms with Gasteiger partial charge in [0.1, 0.15) is 0 Å². The van der Waals surface area contributed by atoms with E-state index in [2.05, 4.69) is 19.2 Å². The maximum Gasteiger partial charge on any atom is 0.409 e. The lowest BCUT2D eigenvalue weighted by Crippen LogP contribution is -2.47. The minimum atomic E-state index is -0.280. The van der Waals surface area contributed by atoms with Crippen molar-refractivity contribution in [2.45, 2.75) is 58.9 Å². The SMILES string of the molecule is CCCN(CCC)C(=O)C1CC1C(=O)NC1CCN(C(=O)OCC)CC1. The van der Waals surface area contributed by atoms with Crippen molar-refractivity contribution >= 4 is 17.9 Å². The van der Waals surface area contributed by atoms with Crippen molar-refractivity contribution in [2.75, 3.05) is 32.8 Å². The fraction of sp³-hybridized carbons (Fsp3) is 0.842. The van der Waals surface area contributed by atoms with Gasteiger partial charge in [-0.2, -0.15) is 0 Å². The number of ether oxygens (including phenoxy) is 1. The van der Waals surface area contributed by atoms with E-state index in [1.54, 1.807) is 11.8 Å². The van der Waals surface area contributed by atoms with Gasteiger partial charge in [0.15, 0.2) is 0 Å². The summed E-state index contributed by atoms with van der Waals surface area (Å²) in [6.07, 6.45) is 3.72. The van der Waals surface area contributed by atoms with Gasteiger partial charge in [-0.25, -0.2) is 4.79 Å². The van der Waals surface area contributed by atoms with Crippen LogP contribution in [0.25, 0.3) is 0 Å². The molecule has 0 spiro atoms. The zero-order chi connectivity index (χ0) is 19.1. The van der Waals surface area contributed by atoms with Crippen LogP contribution in [0.1, 0.15) is 52.9 Å². The minimum Gasteiger partial charge on any atom is -0.450 e. The van der Waals surface area contributed by atoms with Gasteiger partial charge in [0.05, 0.1) is 18.4 Å². The Morgan fingerprint density at radius 3 is 2.19 bits per heavy atom. The second kappa shape index (κ2) is 9.78. The molecular weight excluding hydrogens is 334 g/mol. The molecule has 0 aromatic rings. The standard InChI is InChI=1S/C19H33N3O4/c1-4-9-21(10-5-2)18(24)16-13-15(16)17(23)20-14-7-11-22(12-8-14)19(25)26-6-3/h14-16H,4-13H2,1-3H3,(H,20,23). The van der Waals surface area contributed by atoms with E-state index in [9.17, 15) is 14.4 Å². The van der Waals surface area contributed by atoms with E-state index < -0.39 is 0 Å². The van der Waals surface area contributed by atoms with E-state index >= 15 is 0 Å². The number of amides is 3. The van der Waals surface area contributed by atoms with Crippen LogP contribution in [0.5, 0.6) is 0 Å². The van der Waals surface area contributed by atoms with Crippen molar-refractivity contribution in [3.8, 4) is 0 Å². The van der Waals surface area contributed by atoms with E-state index in [-0.39, 0.29) is 35.8 Å². The first-order chi connectivity index (χ1) is 12.5. The van der Waals surface area contributed by atoms with Gasteiger partial charge in [0.2, 0.25) is 11.8 Å². The van der Waals surface area contributed by atoms with Crippen molar-refractivity contribution in [1.82, 2.24) is 15.1 Å². The fourth-order valence-electron chi connectivity index (χ4n) is 3.59. The Balaban J connectivity index is 1.74. The molecule has 1 heterocycles. The molecule has 148 valence electrons. The molecule has 3 amide bonds. The Morgan fingerprint density at radius 2 is 1.65 bits per heavy atom. The molecule has 26 heavy (non-hydrogen) atoms. The first-order valence-electron chi connectivity index (χ1n) is 10.0. The first-order valence-corrected chi connectivity index (χ1v) is 10.0. The third-order valence-corrected chi connectivity index (χ3v) is 5.11. The summed E-state index contributed by atoms with van der Waals surface area (Å²) in [5.41, 5.74) is 0. The minimum absolute atomic E-state index is 0.00844. The van der Waals surface area contributed by atoms with Gasteiger partial charge in [-0.1, -0.05) is 13.8 Å². The molecular formula is C19H33N3O4. The summed E-state index contributed by atoms with van der Waals surface area (Å²) in [6, 6.07) is 0.0758. The molecule has 2 unspecified atom stereocenters. The van der Waals surface area contributed by atoms with E-state index in [0.29, 0.717) is 26.1 Å². The molecule has 2 rings (SSSR count). The van der Waals surface area contributed by atoms with Crippen molar-refractivity contribution in [2.24, 2.45) is 11.8 Å². The zero-order valence-electron chi connectivity index (χ0n) is 16.3. The zero-order valence-corrected chi connectivity index (χ0v) is 16.3. The Hall–Kier alpha value is -1.79. The summed E-state index contributed by atoms with van der Waals surface area (Å²) < 4.78 is 5.01. The lowest BCUT2D eigenvalue weighted by molar-refractivity contribution is -0.135. The van der Waals surface area contributed by atoms with Crippen LogP contribution < -0.4 is 5.32 Å². The van der Waals surface area contributed by atoms with Crippen LogP contribution in [-0.2, 0) is 14.3 Å². The van der Waals surface area contributed by atoms with Gasteiger partial charge in [0, 0.05) is 32.2 Å². The Kier molecular flexibility index (Phi) is 7.72. The Labute approximate surface area is 156 Å². The lowest BCUT2D eigenvalue weighted by atomic mass is 10.0. The topological polar surface area (TPSA) is 79.0 Å². The van der Waals surface area contributed by atoms with Gasteiger partial charge >= 0.3 is 6.09 Å². The molecule has 2 aliphatic rings. The summed E-state index contributed by atoms with van der Waals surface area (Å²) >= 11 is 0. The normalized spacial score (nSPS) is 22.7. The predicted octanol–water partition coefficient (Wildman–Crippen LogP) is 2.01. The monoisotopic (exact) mass is 367 g/mol. The maximum absolute atomic E-state index is 12.6. The van der Waals surface area contributed by atoms with E-state index in [0.717, 1.165) is 38.8 Å². The number of likely N-dealkylation sites (tertiary alicyclic amines) is 1. The van der Waals surface area contributed by atoms with Crippen LogP contribution in [0.2, 0.25) is 0 Å². The van der Waals surface area contributed by atoms with Crippen molar-refractivity contribution in [1.29, 1.82) is 0 Å². The van der Waals surface area contributed by atoms with Gasteiger partial charge < -0.3 is 19.9 Å². The van der Waals surface area contributed by atoms with Crippen LogP contribution in [0.15, 0.2) is 0 Å². The van der Waals surface area contributed by atoms with Crippen LogP contribution >= 0.6 is 0 Å². The Morgan fingerprint density at radius 1 is 1.04 bits per heavy atom. The predicted molar refractivity (Wildman–Crippen MR) is 98.5 cm³/mol. The highest BCUT2D eigenvalue weighted by molar-refractivity contribution is 5.92. The molecule has 7 heteroatoms. The number of piperidine rings is 1. The molecule has 1 aliphatic carbocycles. The van der Waals surface area contributed by atoms with Crippen LogP contribution in [-0.4, -0.2) is 66.5 Å². The van der Waals surface area contributed by atoms with Crippen molar-refractivity contribution in [3.05, 3.63) is 0 Å². The average Bonchev–Trinajstić information content (AvgIpc) is 3.42. The lowest BCUT2D eigenvalue weighted by Gasteiger charge is -2.31. The van der Waals surface area contributed by atoms with Gasteiger partial charge in [-0.15, -0.1) is 0 Å². The number of hydrogen-bond acceptors (Lipinski definition) is 4. The molecule has 2 fully saturated rings. The van der Waals surface area contributed by atoms with E-state index in [1.165, 1.54) is 0 Å². The van der Waals surface area contributed by atoms with E-state index in [4.69, 9.17) is 4.74 Å². The van der Waals surface area contributed by atoms with Gasteiger partial charge in [0.25, 0.3) is 0 Å². The molecule has 2 atom stereocenters. The van der Waals surface area contributed by atoms with Crippen LogP contribution in [0.4, 0.5) is 4.79 Å². The van der Waals surface area contributed by atoms with Gasteiger partial charge in [-0.3, -0.25) is 9.59 Å². The summed E-state index contributed by atoms with van der Waals surface area (Å²) in [5, 5.41) is 3.07. The third-order valence-electron chi connectivity index (χ3n) is 5.11. The highest BCUT2D eigenvalue weighted by Gasteiger charge is 2.49. The second-order valence-corrected chi connectivity index (χ2v) is 7.24. The first kappa shape index (κ1) is 20.5. The number of hydrogen-bond donors (Lipinski definition) is 1. The molecule has 1 saturated heterocycles. The maximum atomic E-state index is 12.6. The largest absolute Gasteiger partial charge is 0.450 e. The number of carbonyl (C=O) groups is 3.